The number of benzene rings is 1. The monoisotopic (exact) mass is 460 g/mol. The second-order valence-corrected chi connectivity index (χ2v) is 6.28. The third-order valence-corrected chi connectivity index (χ3v) is 4.03. The molecule has 10 heteroatoms. The fourth-order valence-corrected chi connectivity index (χ4v) is 3.07. The Bertz CT molecular complexity index is 794. The molecule has 1 N–H and O–H groups in total. The normalized spacial score (nSPS) is 10.3. The molecule has 0 saturated carbocycles. The van der Waals surface area contributed by atoms with Gasteiger partial charge in [-0.05, 0) is 50.9 Å². The number of esters is 1. The highest BCUT2D eigenvalue weighted by Crippen LogP contribution is 2.35. The molecule has 0 spiro atoms. The van der Waals surface area contributed by atoms with Gasteiger partial charge in [-0.15, -0.1) is 0 Å². The lowest BCUT2D eigenvalue weighted by atomic mass is 10.3. The van der Waals surface area contributed by atoms with Crippen molar-refractivity contribution in [1.29, 1.82) is 0 Å². The number of non-ortho nitro benzene ring substituents is 1. The molecule has 0 unspecified atom stereocenters. The number of halogens is 2. The summed E-state index contributed by atoms with van der Waals surface area (Å²) in [6, 6.07) is 5.54. The minimum atomic E-state index is -0.764. The van der Waals surface area contributed by atoms with Crippen molar-refractivity contribution in [2.45, 2.75) is 6.92 Å². The molecule has 1 amide bonds. The Morgan fingerprint density at radius 2 is 1.92 bits per heavy atom. The molecule has 0 radical (unpaired) electrons. The van der Waals surface area contributed by atoms with Gasteiger partial charge in [0.15, 0.2) is 6.61 Å². The number of nitrogens with zero attached hydrogens (tertiary/aromatic N) is 1. The Kier molecular flexibility index (Phi) is 5.73. The van der Waals surface area contributed by atoms with Crippen molar-refractivity contribution >= 4 is 55.1 Å². The maximum atomic E-state index is 11.9. The summed E-state index contributed by atoms with van der Waals surface area (Å²) >= 11 is 6.28. The number of nitrogens with one attached hydrogen (secondary N) is 1. The van der Waals surface area contributed by atoms with E-state index in [1.807, 2.05) is 0 Å². The molecule has 2 rings (SSSR count). The van der Waals surface area contributed by atoms with Crippen LogP contribution in [-0.4, -0.2) is 23.4 Å². The Morgan fingerprint density at radius 1 is 1.29 bits per heavy atom. The average Bonchev–Trinajstić information content (AvgIpc) is 2.94. The van der Waals surface area contributed by atoms with E-state index in [9.17, 15) is 19.7 Å². The second-order valence-electron chi connectivity index (χ2n) is 4.58. The summed E-state index contributed by atoms with van der Waals surface area (Å²) in [4.78, 5) is 33.8. The van der Waals surface area contributed by atoms with Crippen molar-refractivity contribution < 1.29 is 23.7 Å². The van der Waals surface area contributed by atoms with Crippen LogP contribution in [0.2, 0.25) is 0 Å². The van der Waals surface area contributed by atoms with E-state index in [0.29, 0.717) is 14.7 Å². The zero-order chi connectivity index (χ0) is 17.9. The van der Waals surface area contributed by atoms with Gasteiger partial charge in [0.1, 0.15) is 5.76 Å². The summed E-state index contributed by atoms with van der Waals surface area (Å²) in [5.74, 6) is -0.829. The first kappa shape index (κ1) is 18.1. The van der Waals surface area contributed by atoms with E-state index in [2.05, 4.69) is 37.2 Å². The Hall–Kier alpha value is -2.20. The minimum Gasteiger partial charge on any atom is -0.454 e. The molecule has 1 aromatic heterocycles. The summed E-state index contributed by atoms with van der Waals surface area (Å²) in [6.45, 7) is 1.14. The third kappa shape index (κ3) is 4.42. The van der Waals surface area contributed by atoms with E-state index < -0.39 is 23.4 Å². The van der Waals surface area contributed by atoms with Gasteiger partial charge in [0.05, 0.1) is 10.6 Å². The van der Waals surface area contributed by atoms with Crippen LogP contribution in [0.1, 0.15) is 16.3 Å². The van der Waals surface area contributed by atoms with Crippen LogP contribution < -0.4 is 5.32 Å². The molecule has 24 heavy (non-hydrogen) atoms. The van der Waals surface area contributed by atoms with Crippen LogP contribution in [0.3, 0.4) is 0 Å². The highest BCUT2D eigenvalue weighted by Gasteiger charge is 2.18. The first-order valence-corrected chi connectivity index (χ1v) is 8.03. The molecule has 0 aliphatic rings. The fourth-order valence-electron chi connectivity index (χ4n) is 1.71. The lowest BCUT2D eigenvalue weighted by Crippen LogP contribution is -2.21. The number of nitro groups is 1. The molecule has 0 aliphatic carbocycles. The number of ether oxygens (including phenoxy) is 1. The van der Waals surface area contributed by atoms with E-state index in [1.54, 1.807) is 13.0 Å². The maximum absolute atomic E-state index is 11.9. The zero-order valence-electron chi connectivity index (χ0n) is 12.2. The molecule has 0 fully saturated rings. The Balaban J connectivity index is 2.00. The summed E-state index contributed by atoms with van der Waals surface area (Å²) in [5, 5.41) is 13.3. The number of anilines is 1. The highest BCUT2D eigenvalue weighted by molar-refractivity contribution is 9.11. The highest BCUT2D eigenvalue weighted by atomic mass is 79.9. The second kappa shape index (κ2) is 7.58. The van der Waals surface area contributed by atoms with Crippen LogP contribution in [0.4, 0.5) is 11.4 Å². The first-order chi connectivity index (χ1) is 11.3. The molecule has 1 aromatic carbocycles. The predicted molar refractivity (Wildman–Crippen MR) is 90.9 cm³/mol. The predicted octanol–water partition coefficient (Wildman–Crippen LogP) is 3.82. The van der Waals surface area contributed by atoms with E-state index in [0.717, 1.165) is 0 Å². The van der Waals surface area contributed by atoms with Crippen molar-refractivity contribution in [3.05, 3.63) is 54.8 Å². The van der Waals surface area contributed by atoms with Gasteiger partial charge in [-0.1, -0.05) is 0 Å². The van der Waals surface area contributed by atoms with Gasteiger partial charge in [0.25, 0.3) is 11.6 Å². The standard InChI is InChI=1S/C14H10Br2N2O6/c1-7-2-3-11(24-7)14(20)23-6-12(19)17-13-9(15)4-8(18(21)22)5-10(13)16/h2-5H,6H2,1H3,(H,17,19). The van der Waals surface area contributed by atoms with Gasteiger partial charge in [0, 0.05) is 21.1 Å². The molecule has 8 nitrogen and oxygen atoms in total. The summed E-state index contributed by atoms with van der Waals surface area (Å²) < 4.78 is 10.5. The summed E-state index contributed by atoms with van der Waals surface area (Å²) in [6.07, 6.45) is 0. The minimum absolute atomic E-state index is 0.00185. The van der Waals surface area contributed by atoms with Gasteiger partial charge in [-0.25, -0.2) is 4.79 Å². The lowest BCUT2D eigenvalue weighted by molar-refractivity contribution is -0.385. The first-order valence-electron chi connectivity index (χ1n) is 6.44. The number of carbonyl (C=O) groups excluding carboxylic acids is 2. The third-order valence-electron chi connectivity index (χ3n) is 2.78. The average molecular weight is 462 g/mol. The number of furan rings is 1. The van der Waals surface area contributed by atoms with E-state index in [-0.39, 0.29) is 17.1 Å². The van der Waals surface area contributed by atoms with Crippen molar-refractivity contribution in [2.24, 2.45) is 0 Å². The fraction of sp³-hybridized carbons (Fsp3) is 0.143. The SMILES string of the molecule is Cc1ccc(C(=O)OCC(=O)Nc2c(Br)cc([N+](=O)[O-])cc2Br)o1. The van der Waals surface area contributed by atoms with Gasteiger partial charge in [-0.2, -0.15) is 0 Å². The van der Waals surface area contributed by atoms with E-state index in [1.165, 1.54) is 18.2 Å². The molecule has 0 aliphatic heterocycles. The van der Waals surface area contributed by atoms with Crippen molar-refractivity contribution in [3.8, 4) is 0 Å². The van der Waals surface area contributed by atoms with Crippen molar-refractivity contribution in [2.75, 3.05) is 11.9 Å². The molecule has 126 valence electrons. The summed E-state index contributed by atoms with van der Waals surface area (Å²) in [5.41, 5.74) is 0.141. The smallest absolute Gasteiger partial charge is 0.374 e. The molecular weight excluding hydrogens is 452 g/mol. The molecule has 0 atom stereocenters. The number of nitro benzene ring substituents is 1. The largest absolute Gasteiger partial charge is 0.454 e. The lowest BCUT2D eigenvalue weighted by Gasteiger charge is -2.09. The van der Waals surface area contributed by atoms with Crippen LogP contribution in [0.5, 0.6) is 0 Å². The Labute approximate surface area is 152 Å². The van der Waals surface area contributed by atoms with Crippen LogP contribution >= 0.6 is 31.9 Å². The molecule has 0 bridgehead atoms. The molecule has 0 saturated heterocycles. The van der Waals surface area contributed by atoms with Crippen molar-refractivity contribution in [1.82, 2.24) is 0 Å². The van der Waals surface area contributed by atoms with Crippen LogP contribution in [-0.2, 0) is 9.53 Å². The van der Waals surface area contributed by atoms with Crippen LogP contribution in [0, 0.1) is 17.0 Å². The van der Waals surface area contributed by atoms with E-state index >= 15 is 0 Å². The number of amides is 1. The van der Waals surface area contributed by atoms with Gasteiger partial charge in [0.2, 0.25) is 5.76 Å². The quantitative estimate of drug-likeness (QED) is 0.411. The van der Waals surface area contributed by atoms with Crippen LogP contribution in [0.15, 0.2) is 37.6 Å². The number of carbonyl (C=O) groups is 2. The number of aryl methyl sites for hydroxylation is 1. The molecule has 2 aromatic rings. The number of rotatable bonds is 5. The topological polar surface area (TPSA) is 112 Å². The summed E-state index contributed by atoms with van der Waals surface area (Å²) in [7, 11) is 0. The number of hydrogen-bond donors (Lipinski definition) is 1. The zero-order valence-corrected chi connectivity index (χ0v) is 15.3. The maximum Gasteiger partial charge on any atom is 0.374 e. The van der Waals surface area contributed by atoms with Crippen LogP contribution in [0.25, 0.3) is 0 Å². The molecule has 1 heterocycles. The molecular formula is C14H10Br2N2O6. The van der Waals surface area contributed by atoms with E-state index in [4.69, 9.17) is 9.15 Å². The van der Waals surface area contributed by atoms with Gasteiger partial charge < -0.3 is 14.5 Å². The van der Waals surface area contributed by atoms with Gasteiger partial charge >= 0.3 is 5.97 Å². The Morgan fingerprint density at radius 3 is 2.42 bits per heavy atom. The number of hydrogen-bond acceptors (Lipinski definition) is 6. The van der Waals surface area contributed by atoms with Gasteiger partial charge in [-0.3, -0.25) is 14.9 Å². The van der Waals surface area contributed by atoms with Crippen molar-refractivity contribution in [3.63, 3.8) is 0 Å².